The topological polar surface area (TPSA) is 31.2 Å². The number of carbonyl (C=O) groups excluding carboxylic acids is 1. The van der Waals surface area contributed by atoms with Crippen LogP contribution in [0.5, 0.6) is 5.75 Å². The Morgan fingerprint density at radius 3 is 2.59 bits per heavy atom. The predicted octanol–water partition coefficient (Wildman–Crippen LogP) is 3.84. The van der Waals surface area contributed by atoms with Gasteiger partial charge < -0.3 is 9.30 Å². The van der Waals surface area contributed by atoms with Crippen molar-refractivity contribution in [2.75, 3.05) is 7.11 Å². The highest BCUT2D eigenvalue weighted by atomic mass is 16.5. The zero-order valence-corrected chi connectivity index (χ0v) is 12.2. The van der Waals surface area contributed by atoms with Crippen molar-refractivity contribution >= 4 is 23.3 Å². The van der Waals surface area contributed by atoms with Gasteiger partial charge in [0.05, 0.1) is 13.2 Å². The van der Waals surface area contributed by atoms with Gasteiger partial charge in [0.1, 0.15) is 12.0 Å². The van der Waals surface area contributed by atoms with Crippen molar-refractivity contribution in [2.24, 2.45) is 0 Å². The van der Waals surface area contributed by atoms with Crippen LogP contribution in [0.25, 0.3) is 17.0 Å². The molecular weight excluding hydrogens is 274 g/mol. The fraction of sp³-hybridized carbons (Fsp3) is 0.105. The lowest BCUT2D eigenvalue weighted by molar-refractivity contribution is -0.105. The van der Waals surface area contributed by atoms with E-state index in [9.17, 15) is 4.79 Å². The number of methoxy groups -OCH3 is 1. The molecule has 1 atom stereocenters. The monoisotopic (exact) mass is 289 g/mol. The van der Waals surface area contributed by atoms with Crippen LogP contribution in [0.3, 0.4) is 0 Å². The van der Waals surface area contributed by atoms with E-state index in [0.717, 1.165) is 34.4 Å². The average Bonchev–Trinajstić information content (AvgIpc) is 3.10. The maximum absolute atomic E-state index is 11.5. The molecule has 2 aromatic carbocycles. The maximum atomic E-state index is 11.5. The molecule has 0 bridgehead atoms. The number of rotatable bonds is 3. The number of carbonyl (C=O) groups is 1. The van der Waals surface area contributed by atoms with Gasteiger partial charge in [-0.1, -0.05) is 30.3 Å². The molecule has 0 fully saturated rings. The summed E-state index contributed by atoms with van der Waals surface area (Å²) in [5, 5.41) is 1.19. The molecule has 0 saturated heterocycles. The van der Waals surface area contributed by atoms with Gasteiger partial charge in [-0.3, -0.25) is 4.79 Å². The van der Waals surface area contributed by atoms with Crippen LogP contribution in [0.4, 0.5) is 0 Å². The smallest absolute Gasteiger partial charge is 0.148 e. The molecule has 3 nitrogen and oxygen atoms in total. The first-order valence-electron chi connectivity index (χ1n) is 7.22. The Balaban J connectivity index is 1.91. The maximum Gasteiger partial charge on any atom is 0.148 e. The minimum absolute atomic E-state index is 0.0710. The third-order valence-electron chi connectivity index (χ3n) is 4.23. The zero-order valence-electron chi connectivity index (χ0n) is 12.2. The second kappa shape index (κ2) is 4.88. The molecule has 0 saturated carbocycles. The van der Waals surface area contributed by atoms with Crippen LogP contribution in [0.1, 0.15) is 17.3 Å². The van der Waals surface area contributed by atoms with Crippen LogP contribution in [-0.4, -0.2) is 18.0 Å². The first kappa shape index (κ1) is 12.9. The first-order valence-corrected chi connectivity index (χ1v) is 7.22. The van der Waals surface area contributed by atoms with Crippen LogP contribution >= 0.6 is 0 Å². The largest absolute Gasteiger partial charge is 0.497 e. The van der Waals surface area contributed by atoms with Gasteiger partial charge in [-0.15, -0.1) is 0 Å². The van der Waals surface area contributed by atoms with Crippen LogP contribution in [0.15, 0.2) is 60.2 Å². The first-order chi connectivity index (χ1) is 10.8. The van der Waals surface area contributed by atoms with Crippen molar-refractivity contribution in [1.82, 2.24) is 4.57 Å². The van der Waals surface area contributed by atoms with Crippen LogP contribution < -0.4 is 4.74 Å². The van der Waals surface area contributed by atoms with Gasteiger partial charge in [0.25, 0.3) is 0 Å². The molecule has 0 aliphatic carbocycles. The molecule has 0 unspecified atom stereocenters. The molecule has 3 heteroatoms. The molecule has 0 radical (unpaired) electrons. The molecule has 0 amide bonds. The molecule has 108 valence electrons. The summed E-state index contributed by atoms with van der Waals surface area (Å²) < 4.78 is 7.44. The second-order valence-corrected chi connectivity index (χ2v) is 5.44. The van der Waals surface area contributed by atoms with Gasteiger partial charge in [-0.05, 0) is 35.9 Å². The summed E-state index contributed by atoms with van der Waals surface area (Å²) >= 11 is 0. The summed E-state index contributed by atoms with van der Waals surface area (Å²) in [5.74, 6) is 0.816. The summed E-state index contributed by atoms with van der Waals surface area (Å²) in [5.41, 5.74) is 4.08. The number of aromatic nitrogens is 1. The fourth-order valence-corrected chi connectivity index (χ4v) is 3.22. The van der Waals surface area contributed by atoms with Crippen molar-refractivity contribution < 1.29 is 9.53 Å². The third-order valence-corrected chi connectivity index (χ3v) is 4.23. The minimum Gasteiger partial charge on any atom is -0.497 e. The minimum atomic E-state index is -0.0710. The van der Waals surface area contributed by atoms with E-state index < -0.39 is 0 Å². The predicted molar refractivity (Wildman–Crippen MR) is 87.1 cm³/mol. The molecule has 1 aromatic heterocycles. The summed E-state index contributed by atoms with van der Waals surface area (Å²) in [6.07, 6.45) is 2.93. The van der Waals surface area contributed by atoms with E-state index in [-0.39, 0.29) is 6.04 Å². The van der Waals surface area contributed by atoms with Crippen molar-refractivity contribution in [3.8, 4) is 5.75 Å². The summed E-state index contributed by atoms with van der Waals surface area (Å²) in [6.45, 7) is 0. The Morgan fingerprint density at radius 2 is 1.86 bits per heavy atom. The number of para-hydroxylation sites is 1. The molecule has 3 aromatic rings. The van der Waals surface area contributed by atoms with Gasteiger partial charge in [-0.25, -0.2) is 0 Å². The highest BCUT2D eigenvalue weighted by molar-refractivity contribution is 5.92. The Labute approximate surface area is 128 Å². The Morgan fingerprint density at radius 1 is 1.09 bits per heavy atom. The van der Waals surface area contributed by atoms with Crippen LogP contribution in [0.2, 0.25) is 0 Å². The quantitative estimate of drug-likeness (QED) is 0.686. The fourth-order valence-electron chi connectivity index (χ4n) is 3.22. The summed E-state index contributed by atoms with van der Waals surface area (Å²) in [7, 11) is 1.65. The molecule has 1 aliphatic heterocycles. The molecular formula is C19H15NO2. The molecule has 22 heavy (non-hydrogen) atoms. The molecule has 1 aliphatic rings. The number of allylic oxidation sites excluding steroid dienone is 1. The van der Waals surface area contributed by atoms with Crippen molar-refractivity contribution in [1.29, 1.82) is 0 Å². The lowest BCUT2D eigenvalue weighted by Crippen LogP contribution is -2.10. The molecule has 0 spiro atoms. The van der Waals surface area contributed by atoms with E-state index in [1.54, 1.807) is 7.11 Å². The second-order valence-electron chi connectivity index (χ2n) is 5.44. The van der Waals surface area contributed by atoms with Gasteiger partial charge in [0.2, 0.25) is 0 Å². The van der Waals surface area contributed by atoms with Gasteiger partial charge in [-0.2, -0.15) is 0 Å². The average molecular weight is 289 g/mol. The van der Waals surface area contributed by atoms with Crippen molar-refractivity contribution in [2.45, 2.75) is 6.04 Å². The number of benzene rings is 2. The van der Waals surface area contributed by atoms with Gasteiger partial charge in [0, 0.05) is 22.2 Å². The Hall–Kier alpha value is -2.81. The van der Waals surface area contributed by atoms with E-state index in [1.807, 2.05) is 42.5 Å². The van der Waals surface area contributed by atoms with E-state index in [1.165, 1.54) is 5.39 Å². The highest BCUT2D eigenvalue weighted by Crippen LogP contribution is 2.39. The number of fused-ring (bicyclic) bond motifs is 3. The molecule has 0 N–H and O–H groups in total. The SMILES string of the molecule is COc1ccc([C@@H]2C(C=O)=Cc3cc4ccccc4n32)cc1. The Bertz CT molecular complexity index is 887. The summed E-state index contributed by atoms with van der Waals surface area (Å²) in [4.78, 5) is 11.5. The summed E-state index contributed by atoms with van der Waals surface area (Å²) in [6, 6.07) is 18.2. The van der Waals surface area contributed by atoms with Gasteiger partial charge in [0.15, 0.2) is 0 Å². The van der Waals surface area contributed by atoms with E-state index in [2.05, 4.69) is 22.8 Å². The third kappa shape index (κ3) is 1.79. The van der Waals surface area contributed by atoms with Crippen LogP contribution in [0, 0.1) is 0 Å². The number of hydrogen-bond donors (Lipinski definition) is 0. The van der Waals surface area contributed by atoms with Crippen molar-refractivity contribution in [3.05, 3.63) is 71.4 Å². The Kier molecular flexibility index (Phi) is 2.86. The normalized spacial score (nSPS) is 16.4. The molecule has 2 heterocycles. The lowest BCUT2D eigenvalue weighted by atomic mass is 10.0. The number of hydrogen-bond acceptors (Lipinski definition) is 2. The van der Waals surface area contributed by atoms with E-state index >= 15 is 0 Å². The highest BCUT2D eigenvalue weighted by Gasteiger charge is 2.27. The lowest BCUT2D eigenvalue weighted by Gasteiger charge is -2.18. The number of ether oxygens (including phenoxy) is 1. The van der Waals surface area contributed by atoms with Gasteiger partial charge >= 0.3 is 0 Å². The molecule has 4 rings (SSSR count). The number of aldehydes is 1. The van der Waals surface area contributed by atoms with Crippen LogP contribution in [-0.2, 0) is 4.79 Å². The number of nitrogens with zero attached hydrogens (tertiary/aromatic N) is 1. The van der Waals surface area contributed by atoms with Crippen molar-refractivity contribution in [3.63, 3.8) is 0 Å². The zero-order chi connectivity index (χ0) is 15.1. The standard InChI is InChI=1S/C19H15NO2/c1-22-17-8-6-13(7-9-17)19-15(12-21)11-16-10-14-4-2-3-5-18(14)20(16)19/h2-12,19H,1H3/t19-/m1/s1. The van der Waals surface area contributed by atoms with E-state index in [4.69, 9.17) is 4.74 Å². The van der Waals surface area contributed by atoms with E-state index in [0.29, 0.717) is 0 Å².